The molecule has 0 radical (unpaired) electrons. The second kappa shape index (κ2) is 10.9. The van der Waals surface area contributed by atoms with Gasteiger partial charge in [0.1, 0.15) is 17.2 Å². The van der Waals surface area contributed by atoms with Gasteiger partial charge in [-0.1, -0.05) is 12.1 Å². The molecule has 0 aliphatic carbocycles. The Kier molecular flexibility index (Phi) is 7.47. The van der Waals surface area contributed by atoms with Crippen molar-refractivity contribution in [3.63, 3.8) is 0 Å². The van der Waals surface area contributed by atoms with Crippen LogP contribution in [0.15, 0.2) is 54.6 Å². The maximum absolute atomic E-state index is 12.8. The molecule has 0 N–H and O–H groups in total. The molecule has 0 spiro atoms. The number of benzene rings is 2. The van der Waals surface area contributed by atoms with E-state index in [1.165, 1.54) is 0 Å². The molecule has 0 unspecified atom stereocenters. The Bertz CT molecular complexity index is 1090. The van der Waals surface area contributed by atoms with E-state index in [1.807, 2.05) is 66.4 Å². The first-order valence-corrected chi connectivity index (χ1v) is 11.4. The van der Waals surface area contributed by atoms with Crippen LogP contribution in [0.3, 0.4) is 0 Å². The molecular weight excluding hydrogens is 432 g/mol. The van der Waals surface area contributed by atoms with Gasteiger partial charge in [-0.2, -0.15) is 0 Å². The number of hydrogen-bond acceptors (Lipinski definition) is 7. The van der Waals surface area contributed by atoms with Gasteiger partial charge in [0.2, 0.25) is 5.91 Å². The van der Waals surface area contributed by atoms with Gasteiger partial charge in [-0.3, -0.25) is 4.79 Å². The topological polar surface area (TPSA) is 77.0 Å². The van der Waals surface area contributed by atoms with Crippen LogP contribution in [0.2, 0.25) is 0 Å². The van der Waals surface area contributed by atoms with Crippen molar-refractivity contribution in [1.29, 1.82) is 0 Å². The Balaban J connectivity index is 1.35. The molecule has 8 nitrogen and oxygen atoms in total. The first kappa shape index (κ1) is 23.4. The molecule has 2 heterocycles. The monoisotopic (exact) mass is 462 g/mol. The quantitative estimate of drug-likeness (QED) is 0.507. The fraction of sp³-hybridized carbons (Fsp3) is 0.346. The van der Waals surface area contributed by atoms with Gasteiger partial charge in [0.05, 0.1) is 32.9 Å². The van der Waals surface area contributed by atoms with Crippen LogP contribution in [0.1, 0.15) is 12.5 Å². The van der Waals surface area contributed by atoms with Gasteiger partial charge in [0.25, 0.3) is 0 Å². The SMILES string of the molecule is CCOc1ccc(CC(=O)N2CCN(c3ccc(-c4cc(OC)ccc4OC)nn3)CC2)cc1. The van der Waals surface area contributed by atoms with Crippen LogP contribution in [0.5, 0.6) is 17.2 Å². The summed E-state index contributed by atoms with van der Waals surface area (Å²) in [5.74, 6) is 3.19. The summed E-state index contributed by atoms with van der Waals surface area (Å²) in [7, 11) is 3.26. The molecule has 0 atom stereocenters. The first-order chi connectivity index (χ1) is 16.6. The molecule has 2 aromatic carbocycles. The molecule has 1 saturated heterocycles. The van der Waals surface area contributed by atoms with E-state index in [1.54, 1.807) is 14.2 Å². The molecule has 0 bridgehead atoms. The molecule has 0 saturated carbocycles. The normalized spacial score (nSPS) is 13.5. The summed E-state index contributed by atoms with van der Waals surface area (Å²) >= 11 is 0. The third kappa shape index (κ3) is 5.39. The van der Waals surface area contributed by atoms with E-state index >= 15 is 0 Å². The number of aromatic nitrogens is 2. The Labute approximate surface area is 200 Å². The van der Waals surface area contributed by atoms with E-state index < -0.39 is 0 Å². The zero-order valence-corrected chi connectivity index (χ0v) is 19.9. The fourth-order valence-corrected chi connectivity index (χ4v) is 3.99. The lowest BCUT2D eigenvalue weighted by molar-refractivity contribution is -0.130. The van der Waals surface area contributed by atoms with Crippen molar-refractivity contribution in [2.75, 3.05) is 51.9 Å². The van der Waals surface area contributed by atoms with Crippen molar-refractivity contribution in [1.82, 2.24) is 15.1 Å². The smallest absolute Gasteiger partial charge is 0.227 e. The molecule has 1 aromatic heterocycles. The predicted octanol–water partition coefficient (Wildman–Crippen LogP) is 3.45. The summed E-state index contributed by atoms with van der Waals surface area (Å²) in [6, 6.07) is 17.2. The maximum Gasteiger partial charge on any atom is 0.227 e. The van der Waals surface area contributed by atoms with Crippen molar-refractivity contribution in [2.24, 2.45) is 0 Å². The standard InChI is InChI=1S/C26H30N4O4/c1-4-34-20-7-5-19(6-8-20)17-26(31)30-15-13-29(14-16-30)25-12-10-23(27-28-25)22-18-21(32-2)9-11-24(22)33-3/h5-12,18H,4,13-17H2,1-3H3. The predicted molar refractivity (Wildman–Crippen MR) is 131 cm³/mol. The number of ether oxygens (including phenoxy) is 3. The lowest BCUT2D eigenvalue weighted by Crippen LogP contribution is -2.49. The van der Waals surface area contributed by atoms with Crippen LogP contribution in [0.25, 0.3) is 11.3 Å². The molecule has 1 fully saturated rings. The average Bonchev–Trinajstić information content (AvgIpc) is 2.89. The van der Waals surface area contributed by atoms with E-state index in [9.17, 15) is 4.79 Å². The molecule has 4 rings (SSSR count). The highest BCUT2D eigenvalue weighted by molar-refractivity contribution is 5.79. The van der Waals surface area contributed by atoms with Crippen LogP contribution in [-0.4, -0.2) is 68.0 Å². The van der Waals surface area contributed by atoms with Crippen LogP contribution >= 0.6 is 0 Å². The number of rotatable bonds is 8. The van der Waals surface area contributed by atoms with Crippen molar-refractivity contribution < 1.29 is 19.0 Å². The number of carbonyl (C=O) groups is 1. The molecule has 34 heavy (non-hydrogen) atoms. The summed E-state index contributed by atoms with van der Waals surface area (Å²) in [6.45, 7) is 5.32. The van der Waals surface area contributed by atoms with Crippen LogP contribution in [0, 0.1) is 0 Å². The average molecular weight is 463 g/mol. The highest BCUT2D eigenvalue weighted by atomic mass is 16.5. The Hall–Kier alpha value is -3.81. The number of anilines is 1. The Morgan fingerprint density at radius 3 is 2.24 bits per heavy atom. The lowest BCUT2D eigenvalue weighted by atomic mass is 10.1. The Morgan fingerprint density at radius 1 is 0.882 bits per heavy atom. The highest BCUT2D eigenvalue weighted by Crippen LogP contribution is 2.32. The third-order valence-electron chi connectivity index (χ3n) is 5.88. The zero-order chi connectivity index (χ0) is 23.9. The summed E-state index contributed by atoms with van der Waals surface area (Å²) in [5, 5.41) is 8.86. The van der Waals surface area contributed by atoms with Gasteiger partial charge in [-0.25, -0.2) is 0 Å². The van der Waals surface area contributed by atoms with Crippen LogP contribution < -0.4 is 19.1 Å². The van der Waals surface area contributed by atoms with Crippen molar-refractivity contribution in [3.8, 4) is 28.5 Å². The zero-order valence-electron chi connectivity index (χ0n) is 19.9. The molecule has 1 aliphatic heterocycles. The van der Waals surface area contributed by atoms with Crippen LogP contribution in [-0.2, 0) is 11.2 Å². The number of nitrogens with zero attached hydrogens (tertiary/aromatic N) is 4. The highest BCUT2D eigenvalue weighted by Gasteiger charge is 2.22. The molecule has 178 valence electrons. The van der Waals surface area contributed by atoms with Crippen molar-refractivity contribution in [2.45, 2.75) is 13.3 Å². The minimum Gasteiger partial charge on any atom is -0.497 e. The number of piperazine rings is 1. The van der Waals surface area contributed by atoms with Crippen LogP contribution in [0.4, 0.5) is 5.82 Å². The number of hydrogen-bond donors (Lipinski definition) is 0. The molecule has 1 amide bonds. The van der Waals surface area contributed by atoms with Gasteiger partial charge in [0, 0.05) is 31.7 Å². The first-order valence-electron chi connectivity index (χ1n) is 11.4. The minimum atomic E-state index is 0.135. The number of amides is 1. The Morgan fingerprint density at radius 2 is 1.62 bits per heavy atom. The number of carbonyl (C=O) groups excluding carboxylic acids is 1. The fourth-order valence-electron chi connectivity index (χ4n) is 3.99. The second-order valence-corrected chi connectivity index (χ2v) is 7.96. The van der Waals surface area contributed by atoms with Gasteiger partial charge < -0.3 is 24.0 Å². The molecule has 3 aromatic rings. The summed E-state index contributed by atoms with van der Waals surface area (Å²) in [4.78, 5) is 16.8. The largest absolute Gasteiger partial charge is 0.497 e. The maximum atomic E-state index is 12.8. The van der Waals surface area contributed by atoms with E-state index in [-0.39, 0.29) is 5.91 Å². The molecule has 1 aliphatic rings. The lowest BCUT2D eigenvalue weighted by Gasteiger charge is -2.35. The van der Waals surface area contributed by atoms with Gasteiger partial charge in [0.15, 0.2) is 5.82 Å². The van der Waals surface area contributed by atoms with Crippen molar-refractivity contribution >= 4 is 11.7 Å². The summed E-state index contributed by atoms with van der Waals surface area (Å²) in [5.41, 5.74) is 2.53. The third-order valence-corrected chi connectivity index (χ3v) is 5.88. The molecule has 8 heteroatoms. The number of methoxy groups -OCH3 is 2. The van der Waals surface area contributed by atoms with E-state index in [0.717, 1.165) is 28.4 Å². The van der Waals surface area contributed by atoms with Gasteiger partial charge >= 0.3 is 0 Å². The minimum absolute atomic E-state index is 0.135. The summed E-state index contributed by atoms with van der Waals surface area (Å²) < 4.78 is 16.3. The van der Waals surface area contributed by atoms with Gasteiger partial charge in [-0.05, 0) is 55.0 Å². The van der Waals surface area contributed by atoms with Gasteiger partial charge in [-0.15, -0.1) is 10.2 Å². The van der Waals surface area contributed by atoms with E-state index in [2.05, 4.69) is 15.1 Å². The summed E-state index contributed by atoms with van der Waals surface area (Å²) in [6.07, 6.45) is 0.392. The van der Waals surface area contributed by atoms with Crippen molar-refractivity contribution in [3.05, 3.63) is 60.2 Å². The van der Waals surface area contributed by atoms with E-state index in [0.29, 0.717) is 50.7 Å². The second-order valence-electron chi connectivity index (χ2n) is 7.96. The molecular formula is C26H30N4O4. The van der Waals surface area contributed by atoms with E-state index in [4.69, 9.17) is 14.2 Å².